The summed E-state index contributed by atoms with van der Waals surface area (Å²) in [5, 5.41) is 2.55. The Kier molecular flexibility index (Phi) is 6.82. The minimum atomic E-state index is -3.34. The van der Waals surface area contributed by atoms with E-state index in [2.05, 4.69) is 5.32 Å². The lowest BCUT2D eigenvalue weighted by atomic mass is 10.2. The molecule has 24 heavy (non-hydrogen) atoms. The van der Waals surface area contributed by atoms with Gasteiger partial charge in [-0.2, -0.15) is 4.31 Å². The molecular formula is C15H21ClFN3O3S. The number of carbonyl (C=O) groups is 1. The van der Waals surface area contributed by atoms with E-state index >= 15 is 0 Å². The third kappa shape index (κ3) is 5.32. The maximum Gasteiger partial charge on any atom is 0.234 e. The Hall–Kier alpha value is -1.38. The second-order valence-electron chi connectivity index (χ2n) is 5.52. The number of anilines is 1. The molecule has 0 radical (unpaired) electrons. The summed E-state index contributed by atoms with van der Waals surface area (Å²) in [5.41, 5.74) is 0.886. The van der Waals surface area contributed by atoms with Gasteiger partial charge >= 0.3 is 0 Å². The van der Waals surface area contributed by atoms with E-state index in [1.54, 1.807) is 12.1 Å². The molecule has 1 aromatic rings. The number of rotatable bonds is 7. The lowest BCUT2D eigenvalue weighted by molar-refractivity contribution is -0.118. The average Bonchev–Trinajstić information content (AvgIpc) is 2.59. The number of nitrogens with one attached hydrogen (secondary N) is 1. The number of halogens is 2. The zero-order chi connectivity index (χ0) is 17.6. The van der Waals surface area contributed by atoms with Crippen LogP contribution in [0.4, 0.5) is 10.1 Å². The summed E-state index contributed by atoms with van der Waals surface area (Å²) >= 11 is 5.35. The number of alkyl halides is 1. The van der Waals surface area contributed by atoms with Crippen molar-refractivity contribution in [2.45, 2.75) is 6.42 Å². The Morgan fingerprint density at radius 2 is 1.79 bits per heavy atom. The third-order valence-corrected chi connectivity index (χ3v) is 6.05. The van der Waals surface area contributed by atoms with Gasteiger partial charge in [0.2, 0.25) is 15.9 Å². The molecule has 0 spiro atoms. The predicted molar refractivity (Wildman–Crippen MR) is 92.3 cm³/mol. The van der Waals surface area contributed by atoms with E-state index in [0.717, 1.165) is 5.69 Å². The Labute approximate surface area is 146 Å². The van der Waals surface area contributed by atoms with Gasteiger partial charge in [-0.3, -0.25) is 4.79 Å². The molecule has 0 unspecified atom stereocenters. The van der Waals surface area contributed by atoms with Crippen LogP contribution in [0.1, 0.15) is 6.42 Å². The van der Waals surface area contributed by atoms with Gasteiger partial charge in [0.05, 0.1) is 5.75 Å². The molecule has 134 valence electrons. The molecule has 6 nitrogen and oxygen atoms in total. The van der Waals surface area contributed by atoms with Gasteiger partial charge in [-0.05, 0) is 30.7 Å². The van der Waals surface area contributed by atoms with E-state index in [-0.39, 0.29) is 23.4 Å². The maximum atomic E-state index is 13.0. The zero-order valence-electron chi connectivity index (χ0n) is 13.2. The van der Waals surface area contributed by atoms with Crippen molar-refractivity contribution in [3.8, 4) is 0 Å². The van der Waals surface area contributed by atoms with E-state index in [1.807, 2.05) is 4.90 Å². The number of amides is 1. The molecule has 0 saturated carbocycles. The number of nitrogens with zero attached hydrogens (tertiary/aromatic N) is 2. The van der Waals surface area contributed by atoms with E-state index in [4.69, 9.17) is 11.6 Å². The first-order chi connectivity index (χ1) is 11.4. The average molecular weight is 378 g/mol. The SMILES string of the molecule is O=C(CCl)NCCCS(=O)(=O)N1CCN(c2ccc(F)cc2)CC1. The second-order valence-corrected chi connectivity index (χ2v) is 7.87. The fourth-order valence-electron chi connectivity index (χ4n) is 2.54. The molecule has 1 fully saturated rings. The van der Waals surface area contributed by atoms with Crippen molar-refractivity contribution in [1.82, 2.24) is 9.62 Å². The smallest absolute Gasteiger partial charge is 0.234 e. The standard InChI is InChI=1S/C15H21ClFN3O3S/c16-12-15(21)18-6-1-11-24(22,23)20-9-7-19(8-10-20)14-4-2-13(17)3-5-14/h2-5H,1,6-12H2,(H,18,21). The Bertz CT molecular complexity index is 646. The van der Waals surface area contributed by atoms with Gasteiger partial charge in [0.25, 0.3) is 0 Å². The van der Waals surface area contributed by atoms with Crippen LogP contribution in [0, 0.1) is 5.82 Å². The summed E-state index contributed by atoms with van der Waals surface area (Å²) in [7, 11) is -3.34. The van der Waals surface area contributed by atoms with Gasteiger partial charge in [0, 0.05) is 38.4 Å². The quantitative estimate of drug-likeness (QED) is 0.569. The minimum absolute atomic E-state index is 0.00782. The van der Waals surface area contributed by atoms with Crippen molar-refractivity contribution in [2.75, 3.05) is 49.3 Å². The van der Waals surface area contributed by atoms with Gasteiger partial charge in [0.1, 0.15) is 11.7 Å². The molecular weight excluding hydrogens is 357 g/mol. The van der Waals surface area contributed by atoms with Gasteiger partial charge in [-0.1, -0.05) is 0 Å². The normalized spacial score (nSPS) is 16.2. The Morgan fingerprint density at radius 3 is 2.38 bits per heavy atom. The molecule has 9 heteroatoms. The van der Waals surface area contributed by atoms with Crippen molar-refractivity contribution in [3.05, 3.63) is 30.1 Å². The van der Waals surface area contributed by atoms with Crippen molar-refractivity contribution >= 4 is 33.2 Å². The number of benzene rings is 1. The molecule has 1 heterocycles. The highest BCUT2D eigenvalue weighted by Gasteiger charge is 2.26. The van der Waals surface area contributed by atoms with Crippen LogP contribution in [-0.4, -0.2) is 63.0 Å². The maximum absolute atomic E-state index is 13.0. The lowest BCUT2D eigenvalue weighted by Crippen LogP contribution is -2.49. The van der Waals surface area contributed by atoms with Crippen LogP contribution in [0.2, 0.25) is 0 Å². The monoisotopic (exact) mass is 377 g/mol. The summed E-state index contributed by atoms with van der Waals surface area (Å²) in [6.07, 6.45) is 0.350. The lowest BCUT2D eigenvalue weighted by Gasteiger charge is -2.35. The van der Waals surface area contributed by atoms with E-state index < -0.39 is 10.0 Å². The summed E-state index contributed by atoms with van der Waals surface area (Å²) in [5.74, 6) is -0.729. The highest BCUT2D eigenvalue weighted by atomic mass is 35.5. The van der Waals surface area contributed by atoms with Gasteiger partial charge in [-0.25, -0.2) is 12.8 Å². The fraction of sp³-hybridized carbons (Fsp3) is 0.533. The fourth-order valence-corrected chi connectivity index (χ4v) is 4.12. The minimum Gasteiger partial charge on any atom is -0.369 e. The molecule has 2 rings (SSSR count). The van der Waals surface area contributed by atoms with Crippen molar-refractivity contribution in [2.24, 2.45) is 0 Å². The number of hydrogen-bond acceptors (Lipinski definition) is 4. The topological polar surface area (TPSA) is 69.7 Å². The van der Waals surface area contributed by atoms with Crippen molar-refractivity contribution in [1.29, 1.82) is 0 Å². The van der Waals surface area contributed by atoms with Crippen molar-refractivity contribution in [3.63, 3.8) is 0 Å². The Morgan fingerprint density at radius 1 is 1.17 bits per heavy atom. The summed E-state index contributed by atoms with van der Waals surface area (Å²) in [6, 6.07) is 6.18. The largest absolute Gasteiger partial charge is 0.369 e. The van der Waals surface area contributed by atoms with Crippen LogP contribution >= 0.6 is 11.6 Å². The first kappa shape index (κ1) is 19.0. The van der Waals surface area contributed by atoms with E-state index in [0.29, 0.717) is 39.1 Å². The molecule has 1 aromatic carbocycles. The number of carbonyl (C=O) groups excluding carboxylic acids is 1. The summed E-state index contributed by atoms with van der Waals surface area (Å²) < 4.78 is 39.0. The summed E-state index contributed by atoms with van der Waals surface area (Å²) in [6.45, 7) is 2.21. The summed E-state index contributed by atoms with van der Waals surface area (Å²) in [4.78, 5) is 13.0. The second kappa shape index (κ2) is 8.64. The molecule has 1 amide bonds. The molecule has 0 aliphatic carbocycles. The van der Waals surface area contributed by atoms with Crippen LogP contribution in [0.3, 0.4) is 0 Å². The molecule has 1 saturated heterocycles. The predicted octanol–water partition coefficient (Wildman–Crippen LogP) is 1.02. The highest BCUT2D eigenvalue weighted by molar-refractivity contribution is 7.89. The van der Waals surface area contributed by atoms with E-state index in [1.165, 1.54) is 16.4 Å². The van der Waals surface area contributed by atoms with Crippen LogP contribution in [0.15, 0.2) is 24.3 Å². The molecule has 1 N–H and O–H groups in total. The zero-order valence-corrected chi connectivity index (χ0v) is 14.8. The van der Waals surface area contributed by atoms with Crippen molar-refractivity contribution < 1.29 is 17.6 Å². The van der Waals surface area contributed by atoms with Crippen LogP contribution < -0.4 is 10.2 Å². The third-order valence-electron chi connectivity index (χ3n) is 3.85. The van der Waals surface area contributed by atoms with E-state index in [9.17, 15) is 17.6 Å². The highest BCUT2D eigenvalue weighted by Crippen LogP contribution is 2.18. The van der Waals surface area contributed by atoms with Crippen LogP contribution in [-0.2, 0) is 14.8 Å². The molecule has 0 aromatic heterocycles. The first-order valence-electron chi connectivity index (χ1n) is 7.73. The van der Waals surface area contributed by atoms with Gasteiger partial charge in [0.15, 0.2) is 0 Å². The van der Waals surface area contributed by atoms with Crippen LogP contribution in [0.25, 0.3) is 0 Å². The van der Waals surface area contributed by atoms with Crippen LogP contribution in [0.5, 0.6) is 0 Å². The number of hydrogen-bond donors (Lipinski definition) is 1. The van der Waals surface area contributed by atoms with Gasteiger partial charge < -0.3 is 10.2 Å². The first-order valence-corrected chi connectivity index (χ1v) is 9.88. The molecule has 0 bridgehead atoms. The molecule has 0 atom stereocenters. The van der Waals surface area contributed by atoms with Gasteiger partial charge in [-0.15, -0.1) is 11.6 Å². The number of piperazine rings is 1. The Balaban J connectivity index is 1.80. The molecule has 1 aliphatic rings. The molecule has 1 aliphatic heterocycles. The number of sulfonamides is 1.